The zero-order chi connectivity index (χ0) is 13.8. The Morgan fingerprint density at radius 2 is 2.05 bits per heavy atom. The highest BCUT2D eigenvalue weighted by Gasteiger charge is 2.15. The first-order chi connectivity index (χ1) is 9.19. The van der Waals surface area contributed by atoms with Gasteiger partial charge in [-0.15, -0.1) is 0 Å². The number of nitrogens with one attached hydrogen (secondary N) is 1. The van der Waals surface area contributed by atoms with Gasteiger partial charge in [-0.1, -0.05) is 0 Å². The predicted octanol–water partition coefficient (Wildman–Crippen LogP) is 2.64. The highest BCUT2D eigenvalue weighted by atomic mass is 16.5. The summed E-state index contributed by atoms with van der Waals surface area (Å²) in [6.07, 6.45) is 1.69. The summed E-state index contributed by atoms with van der Waals surface area (Å²) in [5.41, 5.74) is 0.823. The fraction of sp³-hybridized carbons (Fsp3) is 0.357. The molecule has 0 fully saturated rings. The molecule has 0 amide bonds. The zero-order valence-corrected chi connectivity index (χ0v) is 11.6. The van der Waals surface area contributed by atoms with Crippen LogP contribution < -0.4 is 14.8 Å². The predicted molar refractivity (Wildman–Crippen MR) is 72.5 cm³/mol. The second-order valence-electron chi connectivity index (χ2n) is 4.14. The molecule has 0 saturated carbocycles. The van der Waals surface area contributed by atoms with Gasteiger partial charge in [0.25, 0.3) is 0 Å². The van der Waals surface area contributed by atoms with Crippen molar-refractivity contribution in [2.24, 2.45) is 0 Å². The molecule has 1 aromatic carbocycles. The minimum Gasteiger partial charge on any atom is -0.497 e. The molecule has 1 heterocycles. The highest BCUT2D eigenvalue weighted by molar-refractivity contribution is 5.67. The van der Waals surface area contributed by atoms with E-state index in [1.54, 1.807) is 20.4 Å². The van der Waals surface area contributed by atoms with Crippen molar-refractivity contribution in [1.82, 2.24) is 10.3 Å². The molecule has 0 aliphatic rings. The van der Waals surface area contributed by atoms with E-state index in [0.717, 1.165) is 17.1 Å². The quantitative estimate of drug-likeness (QED) is 0.897. The minimum atomic E-state index is 0.0605. The van der Waals surface area contributed by atoms with Crippen LogP contribution in [-0.4, -0.2) is 26.3 Å². The number of ether oxygens (including phenoxy) is 2. The van der Waals surface area contributed by atoms with Gasteiger partial charge in [-0.05, 0) is 32.2 Å². The molecule has 0 aliphatic heterocycles. The summed E-state index contributed by atoms with van der Waals surface area (Å²) in [7, 11) is 5.11. The Bertz CT molecular complexity index is 551. The van der Waals surface area contributed by atoms with Gasteiger partial charge < -0.3 is 19.2 Å². The molecule has 5 nitrogen and oxygen atoms in total. The van der Waals surface area contributed by atoms with Gasteiger partial charge in [0.05, 0.1) is 32.0 Å². The molecule has 0 radical (unpaired) electrons. The summed E-state index contributed by atoms with van der Waals surface area (Å²) < 4.78 is 16.3. The van der Waals surface area contributed by atoms with Crippen LogP contribution in [0.5, 0.6) is 11.5 Å². The lowest BCUT2D eigenvalue weighted by atomic mass is 10.1. The van der Waals surface area contributed by atoms with E-state index in [-0.39, 0.29) is 6.04 Å². The van der Waals surface area contributed by atoms with Gasteiger partial charge in [0.2, 0.25) is 5.89 Å². The average molecular weight is 262 g/mol. The Morgan fingerprint density at radius 3 is 2.68 bits per heavy atom. The van der Waals surface area contributed by atoms with E-state index in [1.807, 2.05) is 32.2 Å². The molecular weight excluding hydrogens is 244 g/mol. The molecule has 102 valence electrons. The Kier molecular flexibility index (Phi) is 4.06. The number of benzene rings is 1. The molecule has 5 heteroatoms. The first kappa shape index (κ1) is 13.4. The van der Waals surface area contributed by atoms with Gasteiger partial charge in [0.1, 0.15) is 11.5 Å². The normalized spacial score (nSPS) is 12.2. The molecule has 1 N–H and O–H groups in total. The van der Waals surface area contributed by atoms with E-state index in [9.17, 15) is 0 Å². The third kappa shape index (κ3) is 2.71. The smallest absolute Gasteiger partial charge is 0.211 e. The van der Waals surface area contributed by atoms with Crippen LogP contribution in [-0.2, 0) is 0 Å². The molecule has 0 spiro atoms. The topological polar surface area (TPSA) is 56.5 Å². The second-order valence-corrected chi connectivity index (χ2v) is 4.14. The van der Waals surface area contributed by atoms with Crippen LogP contribution in [0, 0.1) is 0 Å². The first-order valence-corrected chi connectivity index (χ1v) is 6.05. The minimum absolute atomic E-state index is 0.0605. The molecule has 19 heavy (non-hydrogen) atoms. The number of aromatic nitrogens is 1. The van der Waals surface area contributed by atoms with E-state index >= 15 is 0 Å². The highest BCUT2D eigenvalue weighted by Crippen LogP contribution is 2.34. The van der Waals surface area contributed by atoms with Crippen LogP contribution in [0.3, 0.4) is 0 Å². The van der Waals surface area contributed by atoms with Crippen molar-refractivity contribution < 1.29 is 13.9 Å². The van der Waals surface area contributed by atoms with Crippen LogP contribution in [0.4, 0.5) is 0 Å². The molecule has 1 unspecified atom stereocenters. The number of nitrogens with zero attached hydrogens (tertiary/aromatic N) is 1. The van der Waals surface area contributed by atoms with Crippen molar-refractivity contribution in [1.29, 1.82) is 0 Å². The molecule has 1 atom stereocenters. The van der Waals surface area contributed by atoms with Crippen molar-refractivity contribution in [3.63, 3.8) is 0 Å². The number of oxazole rings is 1. The molecule has 2 aromatic rings. The van der Waals surface area contributed by atoms with Gasteiger partial charge >= 0.3 is 0 Å². The van der Waals surface area contributed by atoms with Crippen molar-refractivity contribution in [3.8, 4) is 22.8 Å². The lowest BCUT2D eigenvalue weighted by Gasteiger charge is -2.08. The molecular formula is C14H18N2O3. The zero-order valence-electron chi connectivity index (χ0n) is 11.6. The number of rotatable bonds is 5. The lowest BCUT2D eigenvalue weighted by Crippen LogP contribution is -2.12. The molecule has 0 saturated heterocycles. The summed E-state index contributed by atoms with van der Waals surface area (Å²) in [5, 5.41) is 3.08. The summed E-state index contributed by atoms with van der Waals surface area (Å²) in [6.45, 7) is 1.98. The van der Waals surface area contributed by atoms with Crippen LogP contribution in [0.1, 0.15) is 18.9 Å². The second kappa shape index (κ2) is 5.75. The van der Waals surface area contributed by atoms with Crippen molar-refractivity contribution in [2.75, 3.05) is 21.3 Å². The lowest BCUT2D eigenvalue weighted by molar-refractivity contribution is 0.400. The van der Waals surface area contributed by atoms with Gasteiger partial charge in [-0.3, -0.25) is 0 Å². The fourth-order valence-corrected chi connectivity index (χ4v) is 1.74. The SMILES string of the molecule is CNC(C)c1ncc(-c2cc(OC)ccc2OC)o1. The van der Waals surface area contributed by atoms with Crippen LogP contribution >= 0.6 is 0 Å². The average Bonchev–Trinajstić information content (AvgIpc) is 2.95. The van der Waals surface area contributed by atoms with E-state index < -0.39 is 0 Å². The Hall–Kier alpha value is -2.01. The van der Waals surface area contributed by atoms with Crippen LogP contribution in [0.15, 0.2) is 28.8 Å². The van der Waals surface area contributed by atoms with E-state index in [2.05, 4.69) is 10.3 Å². The van der Waals surface area contributed by atoms with Gasteiger partial charge in [-0.25, -0.2) is 4.98 Å². The maximum absolute atomic E-state index is 5.76. The fourth-order valence-electron chi connectivity index (χ4n) is 1.74. The van der Waals surface area contributed by atoms with Crippen LogP contribution in [0.2, 0.25) is 0 Å². The van der Waals surface area contributed by atoms with Crippen LogP contribution in [0.25, 0.3) is 11.3 Å². The van der Waals surface area contributed by atoms with Gasteiger partial charge in [0.15, 0.2) is 5.76 Å². The summed E-state index contributed by atoms with van der Waals surface area (Å²) >= 11 is 0. The van der Waals surface area contributed by atoms with Gasteiger partial charge in [-0.2, -0.15) is 0 Å². The summed E-state index contributed by atoms with van der Waals surface area (Å²) in [5.74, 6) is 2.77. The number of methoxy groups -OCH3 is 2. The summed E-state index contributed by atoms with van der Waals surface area (Å²) in [4.78, 5) is 4.27. The Labute approximate surface area is 112 Å². The molecule has 2 rings (SSSR count). The van der Waals surface area contributed by atoms with Gasteiger partial charge in [0, 0.05) is 0 Å². The standard InChI is InChI=1S/C14H18N2O3/c1-9(15-2)14-16-8-13(19-14)11-7-10(17-3)5-6-12(11)18-4/h5-9,15H,1-4H3. The first-order valence-electron chi connectivity index (χ1n) is 6.05. The third-order valence-electron chi connectivity index (χ3n) is 3.00. The summed E-state index contributed by atoms with van der Waals surface area (Å²) in [6, 6.07) is 5.62. The number of hydrogen-bond donors (Lipinski definition) is 1. The number of hydrogen-bond acceptors (Lipinski definition) is 5. The molecule has 0 aliphatic carbocycles. The van der Waals surface area contributed by atoms with Crippen molar-refractivity contribution >= 4 is 0 Å². The van der Waals surface area contributed by atoms with E-state index in [1.165, 1.54) is 0 Å². The maximum Gasteiger partial charge on any atom is 0.211 e. The largest absolute Gasteiger partial charge is 0.497 e. The Morgan fingerprint density at radius 1 is 1.26 bits per heavy atom. The third-order valence-corrected chi connectivity index (χ3v) is 3.00. The molecule has 0 bridgehead atoms. The van der Waals surface area contributed by atoms with Crippen molar-refractivity contribution in [2.45, 2.75) is 13.0 Å². The monoisotopic (exact) mass is 262 g/mol. The van der Waals surface area contributed by atoms with E-state index in [4.69, 9.17) is 13.9 Å². The van der Waals surface area contributed by atoms with E-state index in [0.29, 0.717) is 11.7 Å². The maximum atomic E-state index is 5.76. The molecule has 1 aromatic heterocycles. The van der Waals surface area contributed by atoms with Crippen molar-refractivity contribution in [3.05, 3.63) is 30.3 Å². The Balaban J connectivity index is 2.42.